The van der Waals surface area contributed by atoms with E-state index in [2.05, 4.69) is 29.6 Å². The fourth-order valence-corrected chi connectivity index (χ4v) is 5.17. The summed E-state index contributed by atoms with van der Waals surface area (Å²) in [4.78, 5) is 18.7. The Morgan fingerprint density at radius 1 is 1.07 bits per heavy atom. The smallest absolute Gasteiger partial charge is 0.266 e. The number of aliphatic imine (C=N–C) groups is 1. The molecule has 0 fully saturated rings. The van der Waals surface area contributed by atoms with E-state index in [1.54, 1.807) is 36.4 Å². The lowest BCUT2D eigenvalue weighted by Crippen LogP contribution is -2.52. The van der Waals surface area contributed by atoms with Gasteiger partial charge in [-0.25, -0.2) is 10.4 Å². The zero-order chi connectivity index (χ0) is 29.1. The van der Waals surface area contributed by atoms with Crippen LogP contribution in [0.5, 0.6) is 5.75 Å². The van der Waals surface area contributed by atoms with Gasteiger partial charge in [0.1, 0.15) is 5.75 Å². The predicted octanol–water partition coefficient (Wildman–Crippen LogP) is 6.23. The Morgan fingerprint density at radius 2 is 1.85 bits per heavy atom. The third-order valence-corrected chi connectivity index (χ3v) is 7.35. The Kier molecular flexibility index (Phi) is 11.2. The Hall–Kier alpha value is -3.36. The summed E-state index contributed by atoms with van der Waals surface area (Å²) in [5.74, 6) is 0.614. The largest absolute Gasteiger partial charge is 0.494 e. The molecule has 0 unspecified atom stereocenters. The van der Waals surface area contributed by atoms with Gasteiger partial charge in [0, 0.05) is 47.2 Å². The molecule has 3 N–H and O–H groups in total. The highest BCUT2D eigenvalue weighted by Crippen LogP contribution is 2.45. The molecule has 0 aliphatic carbocycles. The maximum atomic E-state index is 13.8. The van der Waals surface area contributed by atoms with Gasteiger partial charge in [0.25, 0.3) is 5.91 Å². The highest BCUT2D eigenvalue weighted by atomic mass is 35.5. The van der Waals surface area contributed by atoms with Crippen molar-refractivity contribution in [2.24, 2.45) is 4.99 Å². The first-order chi connectivity index (χ1) is 20.0. The van der Waals surface area contributed by atoms with E-state index in [1.165, 1.54) is 5.56 Å². The second-order valence-corrected chi connectivity index (χ2v) is 10.6. The molecule has 0 aromatic heterocycles. The summed E-state index contributed by atoms with van der Waals surface area (Å²) in [7, 11) is 0. The normalized spacial score (nSPS) is 17.9. The Morgan fingerprint density at radius 3 is 2.56 bits per heavy atom. The first kappa shape index (κ1) is 30.6. The van der Waals surface area contributed by atoms with E-state index in [-0.39, 0.29) is 18.9 Å². The Balaban J connectivity index is 1.52. The van der Waals surface area contributed by atoms with Crippen LogP contribution >= 0.6 is 23.2 Å². The maximum Gasteiger partial charge on any atom is 0.266 e. The molecule has 0 spiro atoms. The van der Waals surface area contributed by atoms with Crippen molar-refractivity contribution < 1.29 is 19.4 Å². The summed E-state index contributed by atoms with van der Waals surface area (Å²) >= 11 is 12.8. The van der Waals surface area contributed by atoms with Gasteiger partial charge < -0.3 is 14.6 Å². The van der Waals surface area contributed by atoms with Crippen LogP contribution in [0.1, 0.15) is 48.5 Å². The minimum Gasteiger partial charge on any atom is -0.494 e. The minimum atomic E-state index is -1.36. The number of halogens is 2. The molecule has 0 saturated heterocycles. The lowest BCUT2D eigenvalue weighted by Gasteiger charge is -2.30. The van der Waals surface area contributed by atoms with Gasteiger partial charge in [-0.1, -0.05) is 65.7 Å². The van der Waals surface area contributed by atoms with Crippen LogP contribution in [0.4, 0.5) is 0 Å². The fourth-order valence-electron chi connectivity index (χ4n) is 4.66. The summed E-state index contributed by atoms with van der Waals surface area (Å²) < 4.78 is 12.0. The topological polar surface area (TPSA) is 92.2 Å². The number of hydrogen-bond acceptors (Lipinski definition) is 6. The summed E-state index contributed by atoms with van der Waals surface area (Å²) in [5, 5.41) is 9.84. The number of nitrogens with one attached hydrogen (secondary N) is 2. The molecule has 1 aliphatic heterocycles. The molecule has 1 heterocycles. The molecule has 3 aromatic rings. The first-order valence-corrected chi connectivity index (χ1v) is 14.5. The predicted molar refractivity (Wildman–Crippen MR) is 164 cm³/mol. The van der Waals surface area contributed by atoms with Crippen molar-refractivity contribution >= 4 is 35.0 Å². The summed E-state index contributed by atoms with van der Waals surface area (Å²) in [6.07, 6.45) is 4.43. The quantitative estimate of drug-likeness (QED) is 0.110. The number of nitrogens with zero attached hydrogens (tertiary/aromatic N) is 1. The molecule has 0 saturated carbocycles. The Bertz CT molecular complexity index is 1330. The summed E-state index contributed by atoms with van der Waals surface area (Å²) in [5.41, 5.74) is 7.13. The van der Waals surface area contributed by atoms with E-state index in [0.717, 1.165) is 19.3 Å². The van der Waals surface area contributed by atoms with E-state index < -0.39 is 11.6 Å². The monoisotopic (exact) mass is 595 g/mol. The van der Waals surface area contributed by atoms with E-state index in [9.17, 15) is 4.79 Å². The molecule has 9 heteroatoms. The lowest BCUT2D eigenvalue weighted by molar-refractivity contribution is -0.129. The van der Waals surface area contributed by atoms with Crippen LogP contribution in [0.3, 0.4) is 0 Å². The molecule has 1 aliphatic rings. The lowest BCUT2D eigenvalue weighted by atomic mass is 9.84. The second kappa shape index (κ2) is 15.0. The number of aliphatic hydroxyl groups is 1. The fraction of sp³-hybridized carbons (Fsp3) is 0.312. The van der Waals surface area contributed by atoms with Gasteiger partial charge in [0.15, 0.2) is 11.6 Å². The molecule has 4 rings (SSSR count). The third-order valence-electron chi connectivity index (χ3n) is 6.79. The van der Waals surface area contributed by atoms with Crippen LogP contribution in [0.2, 0.25) is 10.0 Å². The van der Waals surface area contributed by atoms with Crippen LogP contribution in [0, 0.1) is 0 Å². The van der Waals surface area contributed by atoms with Crippen molar-refractivity contribution in [1.29, 1.82) is 0 Å². The second-order valence-electron chi connectivity index (χ2n) is 9.77. The third kappa shape index (κ3) is 7.89. The van der Waals surface area contributed by atoms with Crippen molar-refractivity contribution in [3.8, 4) is 5.75 Å². The van der Waals surface area contributed by atoms with Gasteiger partial charge in [0.05, 0.1) is 6.61 Å². The molecular formula is C32H35Cl2N3O4. The van der Waals surface area contributed by atoms with Crippen LogP contribution in [0.25, 0.3) is 0 Å². The molecule has 2 atom stereocenters. The number of carbonyl (C=O) groups excluding carboxylic acids is 1. The number of unbranched alkanes of at least 4 members (excludes halogenated alkanes) is 1. The standard InChI is InChI=1S/C32H35Cl2N3O4/c1-2-18-32(31(39)37-35-19-7-6-11-23-9-4-3-5-10-23)29(27-17-14-25(33)22-28(27)34)41-30(36-32)24-12-15-26(16-13-24)40-21-8-20-38/h2-5,9-10,12-17,22,29,35,38H,1,6-8,11,18-21H2,(H,37,39)/t29-,32-/m0/s1. The summed E-state index contributed by atoms with van der Waals surface area (Å²) in [6.45, 7) is 4.97. The number of aryl methyl sites for hydroxylation is 1. The minimum absolute atomic E-state index is 0.0629. The van der Waals surface area contributed by atoms with Gasteiger partial charge in [-0.2, -0.15) is 0 Å². The van der Waals surface area contributed by atoms with Gasteiger partial charge >= 0.3 is 0 Å². The van der Waals surface area contributed by atoms with Crippen LogP contribution in [0.15, 0.2) is 90.4 Å². The number of carbonyl (C=O) groups is 1. The van der Waals surface area contributed by atoms with E-state index in [4.69, 9.17) is 42.8 Å². The zero-order valence-corrected chi connectivity index (χ0v) is 24.3. The van der Waals surface area contributed by atoms with Crippen molar-refractivity contribution in [3.63, 3.8) is 0 Å². The number of amides is 1. The molecule has 0 bridgehead atoms. The van der Waals surface area contributed by atoms with Gasteiger partial charge in [0.2, 0.25) is 5.90 Å². The number of aliphatic hydroxyl groups excluding tert-OH is 1. The highest BCUT2D eigenvalue weighted by molar-refractivity contribution is 6.35. The molecule has 3 aromatic carbocycles. The van der Waals surface area contributed by atoms with Crippen LogP contribution in [-0.4, -0.2) is 42.2 Å². The number of rotatable bonds is 15. The van der Waals surface area contributed by atoms with Crippen LogP contribution < -0.4 is 15.6 Å². The average Bonchev–Trinajstić information content (AvgIpc) is 3.36. The molecule has 7 nitrogen and oxygen atoms in total. The SMILES string of the molecule is C=CC[C@]1(C(=O)NNCCCCc2ccccc2)N=C(c2ccc(OCCCO)cc2)O[C@H]1c1ccc(Cl)cc1Cl. The van der Waals surface area contributed by atoms with E-state index in [1.807, 2.05) is 30.3 Å². The number of hydrazine groups is 1. The Labute approximate surface area is 251 Å². The molecule has 0 radical (unpaired) electrons. The van der Waals surface area contributed by atoms with Crippen molar-refractivity contribution in [3.05, 3.63) is 112 Å². The van der Waals surface area contributed by atoms with Crippen molar-refractivity contribution in [2.45, 2.75) is 43.7 Å². The first-order valence-electron chi connectivity index (χ1n) is 13.7. The van der Waals surface area contributed by atoms with Gasteiger partial charge in [-0.3, -0.25) is 10.2 Å². The zero-order valence-electron chi connectivity index (χ0n) is 22.8. The van der Waals surface area contributed by atoms with Gasteiger partial charge in [-0.05, 0) is 61.2 Å². The number of hydrogen-bond donors (Lipinski definition) is 3. The molecule has 1 amide bonds. The molecule has 216 valence electrons. The van der Waals surface area contributed by atoms with E-state index in [0.29, 0.717) is 52.4 Å². The van der Waals surface area contributed by atoms with Gasteiger partial charge in [-0.15, -0.1) is 6.58 Å². The maximum absolute atomic E-state index is 13.8. The van der Waals surface area contributed by atoms with Crippen molar-refractivity contribution in [1.82, 2.24) is 10.9 Å². The molecular weight excluding hydrogens is 561 g/mol. The van der Waals surface area contributed by atoms with Crippen LogP contribution in [-0.2, 0) is 16.0 Å². The van der Waals surface area contributed by atoms with Crippen molar-refractivity contribution in [2.75, 3.05) is 19.8 Å². The van der Waals surface area contributed by atoms with E-state index >= 15 is 0 Å². The number of ether oxygens (including phenoxy) is 2. The highest BCUT2D eigenvalue weighted by Gasteiger charge is 2.53. The number of benzene rings is 3. The summed E-state index contributed by atoms with van der Waals surface area (Å²) in [6, 6.07) is 22.6. The molecule has 41 heavy (non-hydrogen) atoms. The average molecular weight is 597 g/mol.